The lowest BCUT2D eigenvalue weighted by Gasteiger charge is -2.05. The SMILES string of the molecule is O=C(O)/C=C/c1ccc(CC(F)(F)F)cc1. The van der Waals surface area contributed by atoms with Crippen LogP contribution in [0.1, 0.15) is 11.1 Å². The first-order valence-electron chi connectivity index (χ1n) is 4.43. The highest BCUT2D eigenvalue weighted by atomic mass is 19.4. The first kappa shape index (κ1) is 12.3. The zero-order valence-electron chi connectivity index (χ0n) is 8.16. The van der Waals surface area contributed by atoms with Gasteiger partial charge >= 0.3 is 12.1 Å². The molecule has 0 bridgehead atoms. The van der Waals surface area contributed by atoms with Gasteiger partial charge in [0, 0.05) is 6.08 Å². The van der Waals surface area contributed by atoms with Crippen LogP contribution in [0.25, 0.3) is 6.08 Å². The lowest BCUT2D eigenvalue weighted by atomic mass is 10.1. The van der Waals surface area contributed by atoms with E-state index in [1.807, 2.05) is 0 Å². The van der Waals surface area contributed by atoms with Crippen molar-refractivity contribution in [3.8, 4) is 0 Å². The first-order chi connectivity index (χ1) is 7.37. The molecular formula is C11H9F3O2. The number of rotatable bonds is 3. The maximum absolute atomic E-state index is 12.0. The van der Waals surface area contributed by atoms with Gasteiger partial charge in [0.05, 0.1) is 6.42 Å². The van der Waals surface area contributed by atoms with Gasteiger partial charge in [0.2, 0.25) is 0 Å². The van der Waals surface area contributed by atoms with Gasteiger partial charge < -0.3 is 5.11 Å². The Hall–Kier alpha value is -1.78. The minimum absolute atomic E-state index is 0.153. The Morgan fingerprint density at radius 3 is 2.25 bits per heavy atom. The number of carbonyl (C=O) groups is 1. The molecule has 0 heterocycles. The highest BCUT2D eigenvalue weighted by Crippen LogP contribution is 2.21. The number of carboxylic acid groups (broad SMARTS) is 1. The van der Waals surface area contributed by atoms with Gasteiger partial charge in [-0.25, -0.2) is 4.79 Å². The van der Waals surface area contributed by atoms with E-state index in [0.717, 1.165) is 6.08 Å². The summed E-state index contributed by atoms with van der Waals surface area (Å²) >= 11 is 0. The fraction of sp³-hybridized carbons (Fsp3) is 0.182. The maximum Gasteiger partial charge on any atom is 0.393 e. The van der Waals surface area contributed by atoms with Crippen molar-refractivity contribution in [2.24, 2.45) is 0 Å². The van der Waals surface area contributed by atoms with Crippen molar-refractivity contribution in [2.75, 3.05) is 0 Å². The van der Waals surface area contributed by atoms with Crippen molar-refractivity contribution in [1.29, 1.82) is 0 Å². The molecule has 0 aromatic heterocycles. The van der Waals surface area contributed by atoms with Gasteiger partial charge in [-0.1, -0.05) is 24.3 Å². The third kappa shape index (κ3) is 4.63. The van der Waals surface area contributed by atoms with E-state index in [4.69, 9.17) is 5.11 Å². The molecule has 0 aliphatic carbocycles. The highest BCUT2D eigenvalue weighted by Gasteiger charge is 2.27. The summed E-state index contributed by atoms with van der Waals surface area (Å²) in [6.45, 7) is 0. The average Bonchev–Trinajstić information content (AvgIpc) is 2.14. The predicted molar refractivity (Wildman–Crippen MR) is 52.9 cm³/mol. The molecule has 0 unspecified atom stereocenters. The van der Waals surface area contributed by atoms with E-state index in [1.54, 1.807) is 0 Å². The standard InChI is InChI=1S/C11H9F3O2/c12-11(13,14)7-9-3-1-8(2-4-9)5-6-10(15)16/h1-6H,7H2,(H,15,16)/b6-5+. The number of carboxylic acids is 1. The minimum Gasteiger partial charge on any atom is -0.478 e. The van der Waals surface area contributed by atoms with Crippen LogP contribution in [0.3, 0.4) is 0 Å². The number of alkyl halides is 3. The lowest BCUT2D eigenvalue weighted by molar-refractivity contribution is -0.131. The molecule has 0 aliphatic rings. The molecule has 1 aromatic carbocycles. The van der Waals surface area contributed by atoms with Crippen LogP contribution in [0.4, 0.5) is 13.2 Å². The van der Waals surface area contributed by atoms with Gasteiger partial charge in [-0.3, -0.25) is 0 Å². The largest absolute Gasteiger partial charge is 0.478 e. The molecule has 0 spiro atoms. The molecule has 0 radical (unpaired) electrons. The van der Waals surface area contributed by atoms with Crippen LogP contribution in [0.5, 0.6) is 0 Å². The molecule has 1 aromatic rings. The van der Waals surface area contributed by atoms with Crippen LogP contribution in [-0.2, 0) is 11.2 Å². The van der Waals surface area contributed by atoms with Crippen molar-refractivity contribution < 1.29 is 23.1 Å². The Morgan fingerprint density at radius 2 is 1.81 bits per heavy atom. The fourth-order valence-electron chi connectivity index (χ4n) is 1.15. The number of halogens is 3. The van der Waals surface area contributed by atoms with Gasteiger partial charge in [-0.05, 0) is 17.2 Å². The summed E-state index contributed by atoms with van der Waals surface area (Å²) in [4.78, 5) is 10.2. The van der Waals surface area contributed by atoms with E-state index < -0.39 is 18.6 Å². The molecule has 86 valence electrons. The molecule has 0 atom stereocenters. The summed E-state index contributed by atoms with van der Waals surface area (Å²) < 4.78 is 36.0. The molecule has 5 heteroatoms. The molecule has 2 nitrogen and oxygen atoms in total. The lowest BCUT2D eigenvalue weighted by Crippen LogP contribution is -2.11. The molecule has 0 saturated heterocycles. The number of hydrogen-bond acceptors (Lipinski definition) is 1. The Kier molecular flexibility index (Phi) is 3.71. The number of aliphatic carboxylic acids is 1. The summed E-state index contributed by atoms with van der Waals surface area (Å²) in [5.41, 5.74) is 0.702. The Morgan fingerprint density at radius 1 is 1.25 bits per heavy atom. The monoisotopic (exact) mass is 230 g/mol. The Bertz CT molecular complexity index is 391. The summed E-state index contributed by atoms with van der Waals surface area (Å²) in [5.74, 6) is -1.10. The Balaban J connectivity index is 2.72. The molecule has 0 saturated carbocycles. The molecule has 0 aliphatic heterocycles. The first-order valence-corrected chi connectivity index (χ1v) is 4.43. The number of hydrogen-bond donors (Lipinski definition) is 1. The summed E-state index contributed by atoms with van der Waals surface area (Å²) in [7, 11) is 0. The summed E-state index contributed by atoms with van der Waals surface area (Å²) in [6.07, 6.45) is -2.95. The molecule has 0 amide bonds. The van der Waals surface area contributed by atoms with Crippen molar-refractivity contribution in [3.05, 3.63) is 41.5 Å². The minimum atomic E-state index is -4.22. The second-order valence-electron chi connectivity index (χ2n) is 3.21. The smallest absolute Gasteiger partial charge is 0.393 e. The zero-order valence-corrected chi connectivity index (χ0v) is 8.16. The van der Waals surface area contributed by atoms with E-state index in [1.165, 1.54) is 30.3 Å². The molecule has 1 rings (SSSR count). The van der Waals surface area contributed by atoms with Gasteiger partial charge in [-0.15, -0.1) is 0 Å². The average molecular weight is 230 g/mol. The highest BCUT2D eigenvalue weighted by molar-refractivity contribution is 5.85. The maximum atomic E-state index is 12.0. The predicted octanol–water partition coefficient (Wildman–Crippen LogP) is 2.89. The quantitative estimate of drug-likeness (QED) is 0.810. The van der Waals surface area contributed by atoms with Gasteiger partial charge in [0.1, 0.15) is 0 Å². The summed E-state index contributed by atoms with van der Waals surface area (Å²) in [6, 6.07) is 5.55. The zero-order chi connectivity index (χ0) is 12.2. The van der Waals surface area contributed by atoms with E-state index in [2.05, 4.69) is 0 Å². The second-order valence-corrected chi connectivity index (χ2v) is 3.21. The van der Waals surface area contributed by atoms with Gasteiger partial charge in [0.15, 0.2) is 0 Å². The van der Waals surface area contributed by atoms with Crippen molar-refractivity contribution in [1.82, 2.24) is 0 Å². The van der Waals surface area contributed by atoms with Crippen LogP contribution < -0.4 is 0 Å². The van der Waals surface area contributed by atoms with Crippen LogP contribution in [0.2, 0.25) is 0 Å². The molecular weight excluding hydrogens is 221 g/mol. The van der Waals surface area contributed by atoms with Crippen LogP contribution in [0.15, 0.2) is 30.3 Å². The van der Waals surface area contributed by atoms with E-state index >= 15 is 0 Å². The summed E-state index contributed by atoms with van der Waals surface area (Å²) in [5, 5.41) is 8.35. The van der Waals surface area contributed by atoms with Crippen LogP contribution in [-0.4, -0.2) is 17.3 Å². The Labute approximate surface area is 90.0 Å². The van der Waals surface area contributed by atoms with E-state index in [9.17, 15) is 18.0 Å². The van der Waals surface area contributed by atoms with Crippen molar-refractivity contribution >= 4 is 12.0 Å². The van der Waals surface area contributed by atoms with Crippen molar-refractivity contribution in [2.45, 2.75) is 12.6 Å². The van der Waals surface area contributed by atoms with Crippen molar-refractivity contribution in [3.63, 3.8) is 0 Å². The fourth-order valence-corrected chi connectivity index (χ4v) is 1.15. The topological polar surface area (TPSA) is 37.3 Å². The number of benzene rings is 1. The molecule has 16 heavy (non-hydrogen) atoms. The second kappa shape index (κ2) is 4.83. The third-order valence-corrected chi connectivity index (χ3v) is 1.80. The van der Waals surface area contributed by atoms with Gasteiger partial charge in [0.25, 0.3) is 0 Å². The molecule has 1 N–H and O–H groups in total. The van der Waals surface area contributed by atoms with Crippen LogP contribution >= 0.6 is 0 Å². The van der Waals surface area contributed by atoms with Crippen LogP contribution in [0, 0.1) is 0 Å². The third-order valence-electron chi connectivity index (χ3n) is 1.80. The van der Waals surface area contributed by atoms with Gasteiger partial charge in [-0.2, -0.15) is 13.2 Å². The van der Waals surface area contributed by atoms with E-state index in [-0.39, 0.29) is 5.56 Å². The van der Waals surface area contributed by atoms with E-state index in [0.29, 0.717) is 5.56 Å². The normalized spacial score (nSPS) is 11.9. The molecule has 0 fully saturated rings.